The third-order valence-electron chi connectivity index (χ3n) is 4.04. The van der Waals surface area contributed by atoms with Crippen molar-refractivity contribution >= 4 is 17.0 Å². The van der Waals surface area contributed by atoms with E-state index < -0.39 is 6.09 Å². The molecule has 3 aromatic rings. The van der Waals surface area contributed by atoms with Gasteiger partial charge in [0.15, 0.2) is 0 Å². The number of carboxylic acid groups (broad SMARTS) is 1. The van der Waals surface area contributed by atoms with Gasteiger partial charge in [-0.3, -0.25) is 9.55 Å². The molecule has 0 saturated heterocycles. The number of aromatic nitrogens is 2. The SMILES string of the molecule is O=C(O)n1ccc2cc(Oc3ccnc(CNC4CC4)c3)ccc21. The van der Waals surface area contributed by atoms with Crippen molar-refractivity contribution < 1.29 is 14.6 Å². The fourth-order valence-corrected chi connectivity index (χ4v) is 2.64. The van der Waals surface area contributed by atoms with Crippen molar-refractivity contribution in [2.45, 2.75) is 25.4 Å². The lowest BCUT2D eigenvalue weighted by atomic mass is 10.2. The Bertz CT molecular complexity index is 899. The molecule has 0 aliphatic heterocycles. The Balaban J connectivity index is 1.52. The monoisotopic (exact) mass is 323 g/mol. The van der Waals surface area contributed by atoms with E-state index in [2.05, 4.69) is 10.3 Å². The second-order valence-corrected chi connectivity index (χ2v) is 5.93. The summed E-state index contributed by atoms with van der Waals surface area (Å²) in [6.45, 7) is 0.738. The van der Waals surface area contributed by atoms with Gasteiger partial charge in [-0.2, -0.15) is 0 Å². The Hall–Kier alpha value is -2.86. The number of hydrogen-bond donors (Lipinski definition) is 2. The van der Waals surface area contributed by atoms with Crippen LogP contribution in [0.15, 0.2) is 48.8 Å². The summed E-state index contributed by atoms with van der Waals surface area (Å²) < 4.78 is 7.08. The normalized spacial score (nSPS) is 14.0. The molecule has 0 atom stereocenters. The molecule has 4 rings (SSSR count). The molecule has 2 N–H and O–H groups in total. The van der Waals surface area contributed by atoms with E-state index in [4.69, 9.17) is 9.84 Å². The summed E-state index contributed by atoms with van der Waals surface area (Å²) in [5, 5.41) is 13.4. The maximum Gasteiger partial charge on any atom is 0.415 e. The van der Waals surface area contributed by atoms with Crippen LogP contribution >= 0.6 is 0 Å². The molecule has 1 aliphatic rings. The zero-order valence-corrected chi connectivity index (χ0v) is 13.0. The number of pyridine rings is 1. The molecule has 2 heterocycles. The molecule has 0 bridgehead atoms. The van der Waals surface area contributed by atoms with E-state index in [0.29, 0.717) is 17.3 Å². The van der Waals surface area contributed by atoms with E-state index in [9.17, 15) is 4.79 Å². The average Bonchev–Trinajstić information content (AvgIpc) is 3.31. The molecule has 6 heteroatoms. The van der Waals surface area contributed by atoms with Gasteiger partial charge in [0.05, 0.1) is 11.2 Å². The Morgan fingerprint density at radius 1 is 1.25 bits per heavy atom. The molecule has 0 amide bonds. The van der Waals surface area contributed by atoms with Crippen molar-refractivity contribution in [3.8, 4) is 11.5 Å². The van der Waals surface area contributed by atoms with Gasteiger partial charge in [-0.05, 0) is 43.2 Å². The van der Waals surface area contributed by atoms with E-state index in [-0.39, 0.29) is 0 Å². The minimum Gasteiger partial charge on any atom is -0.464 e. The number of fused-ring (bicyclic) bond motifs is 1. The van der Waals surface area contributed by atoms with Crippen LogP contribution in [0.1, 0.15) is 18.5 Å². The molecule has 0 radical (unpaired) electrons. The number of benzene rings is 1. The Morgan fingerprint density at radius 2 is 2.08 bits per heavy atom. The van der Waals surface area contributed by atoms with Crippen molar-refractivity contribution in [1.82, 2.24) is 14.9 Å². The molecular weight excluding hydrogens is 306 g/mol. The van der Waals surface area contributed by atoms with Crippen LogP contribution in [0.4, 0.5) is 4.79 Å². The number of carbonyl (C=O) groups is 1. The predicted octanol–water partition coefficient (Wildman–Crippen LogP) is 3.61. The van der Waals surface area contributed by atoms with E-state index in [1.165, 1.54) is 23.6 Å². The van der Waals surface area contributed by atoms with Crippen LogP contribution in [-0.4, -0.2) is 26.8 Å². The molecule has 1 aromatic carbocycles. The van der Waals surface area contributed by atoms with Gasteiger partial charge in [-0.15, -0.1) is 0 Å². The molecule has 2 aromatic heterocycles. The minimum absolute atomic E-state index is 0.636. The second-order valence-electron chi connectivity index (χ2n) is 5.93. The van der Waals surface area contributed by atoms with E-state index >= 15 is 0 Å². The van der Waals surface area contributed by atoms with Gasteiger partial charge in [0.1, 0.15) is 11.5 Å². The first-order valence-electron chi connectivity index (χ1n) is 7.89. The standard InChI is InChI=1S/C18H17N3O3/c22-18(23)21-8-6-12-9-15(3-4-17(12)21)24-16-5-7-19-14(10-16)11-20-13-1-2-13/h3-10,13,20H,1-2,11H2,(H,22,23). The van der Waals surface area contributed by atoms with Crippen molar-refractivity contribution in [1.29, 1.82) is 0 Å². The number of nitrogens with one attached hydrogen (secondary N) is 1. The highest BCUT2D eigenvalue weighted by molar-refractivity contribution is 5.89. The van der Waals surface area contributed by atoms with Gasteiger partial charge in [-0.25, -0.2) is 4.79 Å². The van der Waals surface area contributed by atoms with E-state index in [0.717, 1.165) is 23.4 Å². The molecule has 6 nitrogen and oxygen atoms in total. The molecule has 1 saturated carbocycles. The first-order valence-corrected chi connectivity index (χ1v) is 7.89. The lowest BCUT2D eigenvalue weighted by molar-refractivity contribution is 0.197. The molecule has 24 heavy (non-hydrogen) atoms. The van der Waals surface area contributed by atoms with Crippen molar-refractivity contribution in [3.05, 3.63) is 54.5 Å². The lowest BCUT2D eigenvalue weighted by Gasteiger charge is -2.08. The predicted molar refractivity (Wildman–Crippen MR) is 89.5 cm³/mol. The summed E-state index contributed by atoms with van der Waals surface area (Å²) in [6.07, 6.45) is 4.75. The summed E-state index contributed by atoms with van der Waals surface area (Å²) in [5.74, 6) is 1.38. The van der Waals surface area contributed by atoms with Crippen molar-refractivity contribution in [2.24, 2.45) is 0 Å². The summed E-state index contributed by atoms with van der Waals surface area (Å²) in [6, 6.07) is 11.5. The Morgan fingerprint density at radius 3 is 2.88 bits per heavy atom. The zero-order chi connectivity index (χ0) is 16.5. The van der Waals surface area contributed by atoms with Crippen LogP contribution in [0.2, 0.25) is 0 Å². The van der Waals surface area contributed by atoms with Crippen molar-refractivity contribution in [3.63, 3.8) is 0 Å². The summed E-state index contributed by atoms with van der Waals surface area (Å²) in [5.41, 5.74) is 1.58. The number of ether oxygens (including phenoxy) is 1. The summed E-state index contributed by atoms with van der Waals surface area (Å²) in [7, 11) is 0. The number of nitrogens with zero attached hydrogens (tertiary/aromatic N) is 2. The smallest absolute Gasteiger partial charge is 0.415 e. The van der Waals surface area contributed by atoms with Crippen LogP contribution in [0.3, 0.4) is 0 Å². The van der Waals surface area contributed by atoms with Crippen LogP contribution in [0.5, 0.6) is 11.5 Å². The van der Waals surface area contributed by atoms with Crippen LogP contribution in [0.25, 0.3) is 10.9 Å². The van der Waals surface area contributed by atoms with E-state index in [1.54, 1.807) is 24.4 Å². The number of hydrogen-bond acceptors (Lipinski definition) is 4. The molecule has 1 fully saturated rings. The first kappa shape index (κ1) is 14.7. The maximum absolute atomic E-state index is 11.1. The quantitative estimate of drug-likeness (QED) is 0.750. The minimum atomic E-state index is -0.999. The fourth-order valence-electron chi connectivity index (χ4n) is 2.64. The Labute approximate surface area is 138 Å². The topological polar surface area (TPSA) is 76.4 Å². The van der Waals surface area contributed by atoms with E-state index in [1.807, 2.05) is 18.2 Å². The average molecular weight is 323 g/mol. The van der Waals surface area contributed by atoms with Crippen LogP contribution in [-0.2, 0) is 6.54 Å². The summed E-state index contributed by atoms with van der Waals surface area (Å²) >= 11 is 0. The molecular formula is C18H17N3O3. The molecule has 1 aliphatic carbocycles. The van der Waals surface area contributed by atoms with Crippen LogP contribution < -0.4 is 10.1 Å². The highest BCUT2D eigenvalue weighted by atomic mass is 16.5. The lowest BCUT2D eigenvalue weighted by Crippen LogP contribution is -2.16. The summed E-state index contributed by atoms with van der Waals surface area (Å²) in [4.78, 5) is 15.5. The number of rotatable bonds is 5. The van der Waals surface area contributed by atoms with Gasteiger partial charge in [0.2, 0.25) is 0 Å². The largest absolute Gasteiger partial charge is 0.464 e. The highest BCUT2D eigenvalue weighted by Crippen LogP contribution is 2.27. The third-order valence-corrected chi connectivity index (χ3v) is 4.04. The van der Waals surface area contributed by atoms with Gasteiger partial charge in [0, 0.05) is 36.4 Å². The van der Waals surface area contributed by atoms with Gasteiger partial charge >= 0.3 is 6.09 Å². The second kappa shape index (κ2) is 5.98. The van der Waals surface area contributed by atoms with Crippen LogP contribution in [0, 0.1) is 0 Å². The fraction of sp³-hybridized carbons (Fsp3) is 0.222. The van der Waals surface area contributed by atoms with Gasteiger partial charge in [-0.1, -0.05) is 0 Å². The molecule has 0 spiro atoms. The van der Waals surface area contributed by atoms with Gasteiger partial charge in [0.25, 0.3) is 0 Å². The highest BCUT2D eigenvalue weighted by Gasteiger charge is 2.20. The van der Waals surface area contributed by atoms with Crippen molar-refractivity contribution in [2.75, 3.05) is 0 Å². The maximum atomic E-state index is 11.1. The molecule has 0 unspecified atom stereocenters. The van der Waals surface area contributed by atoms with Gasteiger partial charge < -0.3 is 15.2 Å². The first-order chi connectivity index (χ1) is 11.7. The Kier molecular flexibility index (Phi) is 3.66. The molecule has 122 valence electrons. The zero-order valence-electron chi connectivity index (χ0n) is 13.0. The third kappa shape index (κ3) is 3.09.